The van der Waals surface area contributed by atoms with Gasteiger partial charge in [-0.25, -0.2) is 0 Å². The summed E-state index contributed by atoms with van der Waals surface area (Å²) in [5, 5.41) is 9.59. The van der Waals surface area contributed by atoms with Crippen LogP contribution in [0.15, 0.2) is 47.1 Å². The molecule has 4 nitrogen and oxygen atoms in total. The van der Waals surface area contributed by atoms with E-state index < -0.39 is 5.41 Å². The van der Waals surface area contributed by atoms with Crippen molar-refractivity contribution >= 4 is 17.3 Å². The summed E-state index contributed by atoms with van der Waals surface area (Å²) in [6, 6.07) is 9.23. The van der Waals surface area contributed by atoms with E-state index in [2.05, 4.69) is 54.9 Å². The van der Waals surface area contributed by atoms with Crippen molar-refractivity contribution in [3.05, 3.63) is 52.6 Å². The maximum absolute atomic E-state index is 13.4. The number of rotatable bonds is 3. The molecule has 1 aromatic rings. The number of carbonyl (C=O) groups is 2. The third-order valence-corrected chi connectivity index (χ3v) is 11.0. The molecule has 0 radical (unpaired) electrons. The van der Waals surface area contributed by atoms with Crippen LogP contribution in [0.3, 0.4) is 0 Å². The Kier molecular flexibility index (Phi) is 6.42. The number of Topliss-reactive ketones (excluding diaryl/α,β-unsaturated/α-hetero) is 1. The highest BCUT2D eigenvalue weighted by atomic mass is 16.2. The number of anilines is 1. The van der Waals surface area contributed by atoms with Gasteiger partial charge in [0.1, 0.15) is 12.4 Å². The normalized spacial score (nSPS) is 36.2. The molecule has 4 aliphatic carbocycles. The molecule has 3 fully saturated rings. The smallest absolute Gasteiger partial charge is 0.156 e. The molecule has 2 unspecified atom stereocenters. The van der Waals surface area contributed by atoms with Crippen molar-refractivity contribution in [3.63, 3.8) is 0 Å². The molecule has 0 aromatic heterocycles. The zero-order valence-corrected chi connectivity index (χ0v) is 23.2. The number of aliphatic hydroxyl groups excluding tert-OH is 1. The van der Waals surface area contributed by atoms with E-state index in [-0.39, 0.29) is 29.5 Å². The first-order valence-corrected chi connectivity index (χ1v) is 14.7. The van der Waals surface area contributed by atoms with Crippen LogP contribution in [0.4, 0.5) is 5.69 Å². The topological polar surface area (TPSA) is 57.6 Å². The molecule has 38 heavy (non-hydrogen) atoms. The SMILES string of the molecule is CC(=O)[C@@]1(C#CCO)CC[C@H]2[C@@H]3CC(C)C4=CC(=O)CCC4=C3C(c3ccc(N4CCCC4)cc3)C[C@@]21C. The minimum atomic E-state index is -0.716. The highest BCUT2D eigenvalue weighted by Crippen LogP contribution is 2.70. The first kappa shape index (κ1) is 25.6. The minimum Gasteiger partial charge on any atom is -0.384 e. The van der Waals surface area contributed by atoms with E-state index in [9.17, 15) is 14.7 Å². The van der Waals surface area contributed by atoms with Crippen LogP contribution in [0, 0.1) is 40.4 Å². The average molecular weight is 512 g/mol. The Bertz CT molecular complexity index is 1270. The number of hydrogen-bond donors (Lipinski definition) is 1. The molecule has 5 aliphatic rings. The van der Waals surface area contributed by atoms with Gasteiger partial charge in [0.2, 0.25) is 0 Å². The first-order valence-electron chi connectivity index (χ1n) is 14.7. The van der Waals surface area contributed by atoms with Crippen molar-refractivity contribution in [2.45, 2.75) is 78.1 Å². The summed E-state index contributed by atoms with van der Waals surface area (Å²) in [6.07, 6.45) is 9.57. The fraction of sp³-hybridized carbons (Fsp3) is 0.588. The number of ketones is 2. The second-order valence-corrected chi connectivity index (χ2v) is 12.8. The van der Waals surface area contributed by atoms with E-state index in [1.807, 2.05) is 6.08 Å². The Hall–Kier alpha value is -2.64. The van der Waals surface area contributed by atoms with Crippen molar-refractivity contribution in [3.8, 4) is 11.8 Å². The number of hydrogen-bond acceptors (Lipinski definition) is 4. The van der Waals surface area contributed by atoms with Gasteiger partial charge in [0.05, 0.1) is 5.41 Å². The summed E-state index contributed by atoms with van der Waals surface area (Å²) in [5.41, 5.74) is 5.90. The third kappa shape index (κ3) is 3.76. The van der Waals surface area contributed by atoms with Crippen LogP contribution in [-0.4, -0.2) is 36.4 Å². The molecule has 6 rings (SSSR count). The number of benzene rings is 1. The van der Waals surface area contributed by atoms with Gasteiger partial charge in [-0.3, -0.25) is 9.59 Å². The lowest BCUT2D eigenvalue weighted by Gasteiger charge is -2.55. The van der Waals surface area contributed by atoms with Gasteiger partial charge < -0.3 is 10.0 Å². The Morgan fingerprint density at radius 2 is 1.89 bits per heavy atom. The predicted octanol–water partition coefficient (Wildman–Crippen LogP) is 6.00. The fourth-order valence-electron chi connectivity index (χ4n) is 9.23. The van der Waals surface area contributed by atoms with Gasteiger partial charge in [-0.15, -0.1) is 0 Å². The maximum atomic E-state index is 13.4. The van der Waals surface area contributed by atoms with Crippen molar-refractivity contribution in [2.75, 3.05) is 24.6 Å². The molecule has 2 saturated carbocycles. The van der Waals surface area contributed by atoms with Gasteiger partial charge in [0.25, 0.3) is 0 Å². The van der Waals surface area contributed by atoms with Crippen LogP contribution in [0.25, 0.3) is 0 Å². The number of allylic oxidation sites excluding steroid dienone is 4. The van der Waals surface area contributed by atoms with Crippen molar-refractivity contribution < 1.29 is 14.7 Å². The Morgan fingerprint density at radius 1 is 1.16 bits per heavy atom. The summed E-state index contributed by atoms with van der Waals surface area (Å²) in [4.78, 5) is 28.3. The predicted molar refractivity (Wildman–Crippen MR) is 151 cm³/mol. The molecule has 0 spiro atoms. The largest absolute Gasteiger partial charge is 0.384 e. The first-order chi connectivity index (χ1) is 18.3. The number of nitrogens with zero attached hydrogens (tertiary/aromatic N) is 1. The Morgan fingerprint density at radius 3 is 2.58 bits per heavy atom. The molecule has 200 valence electrons. The molecule has 1 saturated heterocycles. The number of fused-ring (bicyclic) bond motifs is 4. The van der Waals surface area contributed by atoms with Gasteiger partial charge in [-0.2, -0.15) is 0 Å². The highest BCUT2D eigenvalue weighted by Gasteiger charge is 2.65. The monoisotopic (exact) mass is 511 g/mol. The molecule has 6 atom stereocenters. The molecule has 1 aliphatic heterocycles. The summed E-state index contributed by atoms with van der Waals surface area (Å²) in [7, 11) is 0. The average Bonchev–Trinajstić information content (AvgIpc) is 3.54. The molecular weight excluding hydrogens is 470 g/mol. The molecule has 0 bridgehead atoms. The quantitative estimate of drug-likeness (QED) is 0.506. The van der Waals surface area contributed by atoms with Gasteiger partial charge in [-0.05, 0) is 110 Å². The van der Waals surface area contributed by atoms with Gasteiger partial charge in [0.15, 0.2) is 5.78 Å². The molecule has 0 amide bonds. The number of aliphatic hydroxyl groups is 1. The summed E-state index contributed by atoms with van der Waals surface area (Å²) < 4.78 is 0. The van der Waals surface area contributed by atoms with E-state index in [0.29, 0.717) is 24.2 Å². The third-order valence-electron chi connectivity index (χ3n) is 11.0. The molecule has 4 heteroatoms. The second kappa shape index (κ2) is 9.53. The molecule has 1 N–H and O–H groups in total. The van der Waals surface area contributed by atoms with Gasteiger partial charge >= 0.3 is 0 Å². The lowest BCUT2D eigenvalue weighted by atomic mass is 9.47. The van der Waals surface area contributed by atoms with Crippen LogP contribution in [-0.2, 0) is 9.59 Å². The van der Waals surface area contributed by atoms with E-state index in [4.69, 9.17) is 0 Å². The van der Waals surface area contributed by atoms with E-state index >= 15 is 0 Å². The van der Waals surface area contributed by atoms with Crippen molar-refractivity contribution in [1.29, 1.82) is 0 Å². The molecular formula is C34H41NO3. The number of carbonyl (C=O) groups excluding carboxylic acids is 2. The Labute approximate surface area is 227 Å². The zero-order chi connectivity index (χ0) is 26.7. The van der Waals surface area contributed by atoms with E-state index in [1.54, 1.807) is 12.5 Å². The fourth-order valence-corrected chi connectivity index (χ4v) is 9.23. The van der Waals surface area contributed by atoms with Crippen LogP contribution in [0.1, 0.15) is 83.6 Å². The minimum absolute atomic E-state index is 0.149. The lowest BCUT2D eigenvalue weighted by Crippen LogP contribution is -2.50. The maximum Gasteiger partial charge on any atom is 0.156 e. The highest BCUT2D eigenvalue weighted by molar-refractivity contribution is 5.93. The second-order valence-electron chi connectivity index (χ2n) is 12.8. The van der Waals surface area contributed by atoms with Crippen LogP contribution >= 0.6 is 0 Å². The van der Waals surface area contributed by atoms with Gasteiger partial charge in [0, 0.05) is 31.1 Å². The summed E-state index contributed by atoms with van der Waals surface area (Å²) in [5.74, 6) is 8.00. The summed E-state index contributed by atoms with van der Waals surface area (Å²) in [6.45, 7) is 8.37. The summed E-state index contributed by atoms with van der Waals surface area (Å²) >= 11 is 0. The molecule has 1 aromatic carbocycles. The molecule has 1 heterocycles. The standard InChI is InChI=1S/C34H41NO3/c1-22-19-29-31-13-15-34(23(2)37,14-6-18-36)33(31,3)21-30(32(29)27-12-11-26(38)20-28(22)27)24-7-9-25(10-8-24)35-16-4-5-17-35/h7-10,20,22,29-31,36H,4-5,11-13,15-19,21H2,1-3H3/t22?,29-,30?,31-,33-,34+/m0/s1. The van der Waals surface area contributed by atoms with Gasteiger partial charge in [-0.1, -0.05) is 43.4 Å². The Balaban J connectivity index is 1.50. The van der Waals surface area contributed by atoms with E-state index in [1.165, 1.54) is 35.2 Å². The van der Waals surface area contributed by atoms with Crippen LogP contribution < -0.4 is 4.90 Å². The zero-order valence-electron chi connectivity index (χ0n) is 23.2. The lowest BCUT2D eigenvalue weighted by molar-refractivity contribution is -0.130. The van der Waals surface area contributed by atoms with Crippen LogP contribution in [0.2, 0.25) is 0 Å². The van der Waals surface area contributed by atoms with E-state index in [0.717, 1.165) is 45.2 Å². The van der Waals surface area contributed by atoms with Crippen molar-refractivity contribution in [1.82, 2.24) is 0 Å². The van der Waals surface area contributed by atoms with Crippen molar-refractivity contribution in [2.24, 2.45) is 28.6 Å². The van der Waals surface area contributed by atoms with Crippen LogP contribution in [0.5, 0.6) is 0 Å².